The Bertz CT molecular complexity index is 1020. The first kappa shape index (κ1) is 24.3. The minimum atomic E-state index is -3.12. The first-order valence-electron chi connectivity index (χ1n) is 11.3. The highest BCUT2D eigenvalue weighted by molar-refractivity contribution is 7.91. The molecule has 6 heteroatoms. The van der Waals surface area contributed by atoms with Gasteiger partial charge in [-0.05, 0) is 54.0 Å². The SMILES string of the molecule is CCc1ccc(CN(C(=O)C(C)Oc2ccc(C(C)(C)C)cc2)C2CCS(=O)(=O)C2)cc1. The third-order valence-corrected chi connectivity index (χ3v) is 7.85. The third-order valence-electron chi connectivity index (χ3n) is 6.10. The molecule has 32 heavy (non-hydrogen) atoms. The highest BCUT2D eigenvalue weighted by atomic mass is 32.2. The number of nitrogens with zero attached hydrogens (tertiary/aromatic N) is 1. The minimum Gasteiger partial charge on any atom is -0.481 e. The molecule has 0 N–H and O–H groups in total. The van der Waals surface area contributed by atoms with Crippen LogP contribution in [0.5, 0.6) is 5.75 Å². The van der Waals surface area contributed by atoms with Crippen molar-refractivity contribution in [3.63, 3.8) is 0 Å². The lowest BCUT2D eigenvalue weighted by atomic mass is 9.87. The van der Waals surface area contributed by atoms with Gasteiger partial charge in [0.1, 0.15) is 5.75 Å². The van der Waals surface area contributed by atoms with Crippen molar-refractivity contribution >= 4 is 15.7 Å². The summed E-state index contributed by atoms with van der Waals surface area (Å²) in [5, 5.41) is 0. The molecular formula is C26H35NO4S. The van der Waals surface area contributed by atoms with E-state index in [1.807, 2.05) is 36.4 Å². The molecule has 0 spiro atoms. The Morgan fingerprint density at radius 3 is 2.16 bits per heavy atom. The van der Waals surface area contributed by atoms with Crippen LogP contribution >= 0.6 is 0 Å². The van der Waals surface area contributed by atoms with Gasteiger partial charge in [-0.1, -0.05) is 64.1 Å². The molecule has 2 aromatic carbocycles. The summed E-state index contributed by atoms with van der Waals surface area (Å²) < 4.78 is 30.2. The summed E-state index contributed by atoms with van der Waals surface area (Å²) in [4.78, 5) is 15.1. The number of ether oxygens (including phenoxy) is 1. The standard InChI is InChI=1S/C26H35NO4S/c1-6-20-7-9-21(10-8-20)17-27(23-15-16-32(29,30)18-23)25(28)19(2)31-24-13-11-22(12-14-24)26(3,4)5/h7-14,19,23H,6,15-18H2,1-5H3. The summed E-state index contributed by atoms with van der Waals surface area (Å²) >= 11 is 0. The fourth-order valence-corrected chi connectivity index (χ4v) is 5.74. The zero-order valence-electron chi connectivity index (χ0n) is 19.8. The first-order valence-corrected chi connectivity index (χ1v) is 13.2. The van der Waals surface area contributed by atoms with Crippen molar-refractivity contribution in [2.24, 2.45) is 0 Å². The van der Waals surface area contributed by atoms with Gasteiger partial charge >= 0.3 is 0 Å². The Hall–Kier alpha value is -2.34. The second kappa shape index (κ2) is 9.65. The molecule has 2 aromatic rings. The molecule has 0 bridgehead atoms. The van der Waals surface area contributed by atoms with Crippen molar-refractivity contribution in [3.8, 4) is 5.75 Å². The van der Waals surface area contributed by atoms with Gasteiger partial charge in [0.15, 0.2) is 15.9 Å². The van der Waals surface area contributed by atoms with Crippen LogP contribution in [0.15, 0.2) is 48.5 Å². The van der Waals surface area contributed by atoms with Crippen molar-refractivity contribution in [3.05, 3.63) is 65.2 Å². The quantitative estimate of drug-likeness (QED) is 0.613. The maximum atomic E-state index is 13.4. The Morgan fingerprint density at radius 2 is 1.66 bits per heavy atom. The second-order valence-electron chi connectivity index (χ2n) is 9.73. The zero-order valence-corrected chi connectivity index (χ0v) is 20.6. The predicted molar refractivity (Wildman–Crippen MR) is 129 cm³/mol. The van der Waals surface area contributed by atoms with Crippen LogP contribution in [0.4, 0.5) is 0 Å². The van der Waals surface area contributed by atoms with Gasteiger partial charge in [-0.15, -0.1) is 0 Å². The molecule has 2 unspecified atom stereocenters. The normalized spacial score (nSPS) is 18.8. The highest BCUT2D eigenvalue weighted by Gasteiger charge is 2.36. The number of carbonyl (C=O) groups is 1. The topological polar surface area (TPSA) is 63.7 Å². The molecule has 174 valence electrons. The van der Waals surface area contributed by atoms with Crippen LogP contribution < -0.4 is 4.74 Å². The van der Waals surface area contributed by atoms with Crippen molar-refractivity contribution in [2.45, 2.75) is 71.6 Å². The molecule has 1 aliphatic rings. The number of rotatable bonds is 7. The molecule has 0 aliphatic carbocycles. The van der Waals surface area contributed by atoms with E-state index in [0.717, 1.165) is 12.0 Å². The Balaban J connectivity index is 1.77. The maximum absolute atomic E-state index is 13.4. The van der Waals surface area contributed by atoms with E-state index in [9.17, 15) is 13.2 Å². The van der Waals surface area contributed by atoms with E-state index in [-0.39, 0.29) is 28.9 Å². The largest absolute Gasteiger partial charge is 0.481 e. The van der Waals surface area contributed by atoms with Crippen LogP contribution in [-0.2, 0) is 33.0 Å². The van der Waals surface area contributed by atoms with E-state index in [4.69, 9.17) is 4.74 Å². The Morgan fingerprint density at radius 1 is 1.06 bits per heavy atom. The molecule has 3 rings (SSSR count). The van der Waals surface area contributed by atoms with Crippen molar-refractivity contribution in [1.29, 1.82) is 0 Å². The van der Waals surface area contributed by atoms with E-state index in [2.05, 4.69) is 39.8 Å². The molecular weight excluding hydrogens is 422 g/mol. The number of hydrogen-bond donors (Lipinski definition) is 0. The van der Waals surface area contributed by atoms with E-state index >= 15 is 0 Å². The van der Waals surface area contributed by atoms with Gasteiger partial charge in [0, 0.05) is 12.6 Å². The van der Waals surface area contributed by atoms with Crippen LogP contribution in [0.3, 0.4) is 0 Å². The average Bonchev–Trinajstić information content (AvgIpc) is 3.11. The molecule has 0 radical (unpaired) electrons. The lowest BCUT2D eigenvalue weighted by Crippen LogP contribution is -2.46. The summed E-state index contributed by atoms with van der Waals surface area (Å²) in [7, 11) is -3.12. The van der Waals surface area contributed by atoms with Crippen LogP contribution in [0.2, 0.25) is 0 Å². The summed E-state index contributed by atoms with van der Waals surface area (Å²) in [6, 6.07) is 15.6. The van der Waals surface area contributed by atoms with Gasteiger partial charge in [-0.3, -0.25) is 4.79 Å². The molecule has 1 saturated heterocycles. The Kier molecular flexibility index (Phi) is 7.33. The van der Waals surface area contributed by atoms with Gasteiger partial charge in [0.2, 0.25) is 0 Å². The number of amides is 1. The minimum absolute atomic E-state index is 0.0127. The molecule has 2 atom stereocenters. The molecule has 0 aromatic heterocycles. The maximum Gasteiger partial charge on any atom is 0.263 e. The van der Waals surface area contributed by atoms with E-state index in [0.29, 0.717) is 18.7 Å². The van der Waals surface area contributed by atoms with Crippen LogP contribution in [-0.4, -0.2) is 42.9 Å². The monoisotopic (exact) mass is 457 g/mol. The number of hydrogen-bond acceptors (Lipinski definition) is 4. The molecule has 0 saturated carbocycles. The molecule has 1 fully saturated rings. The van der Waals surface area contributed by atoms with Crippen molar-refractivity contribution in [2.75, 3.05) is 11.5 Å². The van der Waals surface area contributed by atoms with Gasteiger partial charge in [0.05, 0.1) is 11.5 Å². The molecule has 1 aliphatic heterocycles. The lowest BCUT2D eigenvalue weighted by Gasteiger charge is -2.31. The zero-order chi connectivity index (χ0) is 23.5. The fraction of sp³-hybridized carbons (Fsp3) is 0.500. The molecule has 1 heterocycles. The second-order valence-corrected chi connectivity index (χ2v) is 12.0. The van der Waals surface area contributed by atoms with Gasteiger partial charge in [0.25, 0.3) is 5.91 Å². The molecule has 5 nitrogen and oxygen atoms in total. The van der Waals surface area contributed by atoms with Gasteiger partial charge in [-0.25, -0.2) is 8.42 Å². The average molecular weight is 458 g/mol. The van der Waals surface area contributed by atoms with E-state index < -0.39 is 15.9 Å². The lowest BCUT2D eigenvalue weighted by molar-refractivity contribution is -0.140. The van der Waals surface area contributed by atoms with Crippen molar-refractivity contribution < 1.29 is 17.9 Å². The van der Waals surface area contributed by atoms with Gasteiger partial charge < -0.3 is 9.64 Å². The predicted octanol–water partition coefficient (Wildman–Crippen LogP) is 4.53. The first-order chi connectivity index (χ1) is 15.0. The fourth-order valence-electron chi connectivity index (χ4n) is 4.01. The van der Waals surface area contributed by atoms with E-state index in [1.54, 1.807) is 11.8 Å². The number of benzene rings is 2. The number of aryl methyl sites for hydroxylation is 1. The van der Waals surface area contributed by atoms with Crippen LogP contribution in [0.1, 0.15) is 57.7 Å². The van der Waals surface area contributed by atoms with Gasteiger partial charge in [-0.2, -0.15) is 0 Å². The summed E-state index contributed by atoms with van der Waals surface area (Å²) in [6.07, 6.45) is 0.699. The van der Waals surface area contributed by atoms with Crippen molar-refractivity contribution in [1.82, 2.24) is 4.90 Å². The molecule has 1 amide bonds. The Labute approximate surface area is 192 Å². The number of sulfone groups is 1. The van der Waals surface area contributed by atoms with Crippen LogP contribution in [0, 0.1) is 0 Å². The third kappa shape index (κ3) is 6.12. The summed E-state index contributed by atoms with van der Waals surface area (Å²) in [5.74, 6) is 0.579. The smallest absolute Gasteiger partial charge is 0.263 e. The van der Waals surface area contributed by atoms with Crippen LogP contribution in [0.25, 0.3) is 0 Å². The summed E-state index contributed by atoms with van der Waals surface area (Å²) in [5.41, 5.74) is 3.45. The highest BCUT2D eigenvalue weighted by Crippen LogP contribution is 2.26. The van der Waals surface area contributed by atoms with E-state index in [1.165, 1.54) is 11.1 Å². The number of carbonyl (C=O) groups excluding carboxylic acids is 1. The summed E-state index contributed by atoms with van der Waals surface area (Å²) in [6.45, 7) is 10.7.